The molecule has 0 spiro atoms. The number of carbonyl (C=O) groups excluding carboxylic acids is 1. The van der Waals surface area contributed by atoms with Gasteiger partial charge < -0.3 is 14.2 Å². The SMILES string of the molecule is CCc1cnc(CSc2cnc(NC(=O)NCc3ccco3)s2)o1. The van der Waals surface area contributed by atoms with Crippen LogP contribution in [0.2, 0.25) is 0 Å². The van der Waals surface area contributed by atoms with E-state index < -0.39 is 0 Å². The zero-order chi connectivity index (χ0) is 16.8. The summed E-state index contributed by atoms with van der Waals surface area (Å²) in [5.41, 5.74) is 0. The molecule has 0 aliphatic heterocycles. The molecule has 3 heterocycles. The van der Waals surface area contributed by atoms with Crippen molar-refractivity contribution in [1.29, 1.82) is 0 Å². The Bertz CT molecular complexity index is 782. The van der Waals surface area contributed by atoms with Crippen molar-refractivity contribution in [2.45, 2.75) is 29.9 Å². The Labute approximate surface area is 146 Å². The Morgan fingerprint density at radius 2 is 2.25 bits per heavy atom. The largest absolute Gasteiger partial charge is 0.467 e. The van der Waals surface area contributed by atoms with E-state index in [4.69, 9.17) is 8.83 Å². The quantitative estimate of drug-likeness (QED) is 0.618. The third-order valence-electron chi connectivity index (χ3n) is 3.00. The fraction of sp³-hybridized carbons (Fsp3) is 0.267. The predicted molar refractivity (Wildman–Crippen MR) is 92.1 cm³/mol. The molecular formula is C15H16N4O3S2. The number of urea groups is 1. The first-order chi connectivity index (χ1) is 11.7. The minimum atomic E-state index is -0.322. The number of anilines is 1. The molecule has 7 nitrogen and oxygen atoms in total. The molecule has 0 aromatic carbocycles. The monoisotopic (exact) mass is 364 g/mol. The van der Waals surface area contributed by atoms with Crippen LogP contribution in [0.25, 0.3) is 0 Å². The molecule has 3 rings (SSSR count). The van der Waals surface area contributed by atoms with E-state index in [0.717, 1.165) is 16.4 Å². The van der Waals surface area contributed by atoms with Gasteiger partial charge in [0.15, 0.2) is 5.13 Å². The van der Waals surface area contributed by atoms with Crippen LogP contribution in [0.5, 0.6) is 0 Å². The fourth-order valence-electron chi connectivity index (χ4n) is 1.82. The molecule has 126 valence electrons. The van der Waals surface area contributed by atoms with Crippen LogP contribution < -0.4 is 10.6 Å². The number of aromatic nitrogens is 2. The van der Waals surface area contributed by atoms with Gasteiger partial charge in [-0.3, -0.25) is 5.32 Å². The average molecular weight is 364 g/mol. The van der Waals surface area contributed by atoms with Crippen LogP contribution in [0.3, 0.4) is 0 Å². The summed E-state index contributed by atoms with van der Waals surface area (Å²) < 4.78 is 11.7. The molecule has 3 aromatic rings. The van der Waals surface area contributed by atoms with Crippen LogP contribution in [-0.2, 0) is 18.7 Å². The predicted octanol–water partition coefficient (Wildman–Crippen LogP) is 3.90. The normalized spacial score (nSPS) is 10.7. The van der Waals surface area contributed by atoms with Gasteiger partial charge in [-0.25, -0.2) is 14.8 Å². The second kappa shape index (κ2) is 8.02. The molecule has 0 saturated heterocycles. The summed E-state index contributed by atoms with van der Waals surface area (Å²) in [5.74, 6) is 2.89. The van der Waals surface area contributed by atoms with E-state index in [-0.39, 0.29) is 6.03 Å². The lowest BCUT2D eigenvalue weighted by Crippen LogP contribution is -2.27. The smallest absolute Gasteiger partial charge is 0.321 e. The summed E-state index contributed by atoms with van der Waals surface area (Å²) in [5, 5.41) is 5.94. The van der Waals surface area contributed by atoms with Gasteiger partial charge in [0.05, 0.1) is 35.2 Å². The summed E-state index contributed by atoms with van der Waals surface area (Å²) in [6.45, 7) is 2.35. The first kappa shape index (κ1) is 16.6. The molecule has 0 saturated carbocycles. The van der Waals surface area contributed by atoms with Crippen molar-refractivity contribution < 1.29 is 13.6 Å². The maximum atomic E-state index is 11.8. The van der Waals surface area contributed by atoms with E-state index in [1.807, 2.05) is 6.92 Å². The standard InChI is InChI=1S/C15H16N4O3S2/c1-2-10-6-16-12(22-10)9-23-13-8-18-15(24-13)19-14(20)17-7-11-4-3-5-21-11/h3-6,8H,2,7,9H2,1H3,(H2,17,18,19,20). The Morgan fingerprint density at radius 3 is 3.00 bits per heavy atom. The molecule has 0 aliphatic rings. The molecule has 0 fully saturated rings. The maximum Gasteiger partial charge on any atom is 0.321 e. The third kappa shape index (κ3) is 4.62. The second-order valence-corrected chi connectivity index (χ2v) is 7.04. The van der Waals surface area contributed by atoms with E-state index in [0.29, 0.717) is 29.1 Å². The van der Waals surface area contributed by atoms with Gasteiger partial charge in [0.2, 0.25) is 5.89 Å². The maximum absolute atomic E-state index is 11.8. The van der Waals surface area contributed by atoms with Crippen LogP contribution in [-0.4, -0.2) is 16.0 Å². The molecule has 0 unspecified atom stereocenters. The number of rotatable bonds is 7. The van der Waals surface area contributed by atoms with Gasteiger partial charge in [0.1, 0.15) is 11.5 Å². The molecule has 2 amide bonds. The summed E-state index contributed by atoms with van der Waals surface area (Å²) in [6.07, 6.45) is 5.87. The van der Waals surface area contributed by atoms with Crippen molar-refractivity contribution in [1.82, 2.24) is 15.3 Å². The number of nitrogens with zero attached hydrogens (tertiary/aromatic N) is 2. The fourth-order valence-corrected chi connectivity index (χ4v) is 3.54. The number of amides is 2. The first-order valence-corrected chi connectivity index (χ1v) is 9.12. The number of thioether (sulfide) groups is 1. The van der Waals surface area contributed by atoms with E-state index in [9.17, 15) is 4.79 Å². The Balaban J connectivity index is 1.45. The highest BCUT2D eigenvalue weighted by molar-refractivity contribution is 8.00. The van der Waals surface area contributed by atoms with Crippen LogP contribution in [0.4, 0.5) is 9.93 Å². The molecular weight excluding hydrogens is 348 g/mol. The third-order valence-corrected chi connectivity index (χ3v) is 5.09. The van der Waals surface area contributed by atoms with Crippen LogP contribution in [0.15, 0.2) is 43.8 Å². The lowest BCUT2D eigenvalue weighted by molar-refractivity contribution is 0.251. The van der Waals surface area contributed by atoms with Crippen molar-refractivity contribution in [3.8, 4) is 0 Å². The number of nitrogens with one attached hydrogen (secondary N) is 2. The highest BCUT2D eigenvalue weighted by atomic mass is 32.2. The number of hydrogen-bond acceptors (Lipinski definition) is 7. The van der Waals surface area contributed by atoms with Crippen LogP contribution in [0.1, 0.15) is 24.3 Å². The number of hydrogen-bond donors (Lipinski definition) is 2. The van der Waals surface area contributed by atoms with Gasteiger partial charge in [-0.2, -0.15) is 0 Å². The van der Waals surface area contributed by atoms with Gasteiger partial charge in [-0.05, 0) is 12.1 Å². The first-order valence-electron chi connectivity index (χ1n) is 7.32. The lowest BCUT2D eigenvalue weighted by Gasteiger charge is -2.02. The summed E-state index contributed by atoms with van der Waals surface area (Å²) in [4.78, 5) is 20.2. The van der Waals surface area contributed by atoms with Gasteiger partial charge in [-0.15, -0.1) is 11.8 Å². The Morgan fingerprint density at radius 1 is 1.33 bits per heavy atom. The highest BCUT2D eigenvalue weighted by Crippen LogP contribution is 2.30. The molecule has 0 bridgehead atoms. The minimum Gasteiger partial charge on any atom is -0.467 e. The molecule has 24 heavy (non-hydrogen) atoms. The number of aryl methyl sites for hydroxylation is 1. The number of furan rings is 1. The lowest BCUT2D eigenvalue weighted by atomic mass is 10.4. The van der Waals surface area contributed by atoms with Crippen LogP contribution in [0, 0.1) is 0 Å². The number of oxazole rings is 1. The average Bonchev–Trinajstić information content (AvgIpc) is 3.32. The summed E-state index contributed by atoms with van der Waals surface area (Å²) >= 11 is 2.97. The van der Waals surface area contributed by atoms with Crippen molar-refractivity contribution in [3.63, 3.8) is 0 Å². The molecule has 0 radical (unpaired) electrons. The van der Waals surface area contributed by atoms with Crippen LogP contribution >= 0.6 is 23.1 Å². The minimum absolute atomic E-state index is 0.322. The van der Waals surface area contributed by atoms with Crippen molar-refractivity contribution in [2.24, 2.45) is 0 Å². The number of thiazole rings is 1. The molecule has 2 N–H and O–H groups in total. The highest BCUT2D eigenvalue weighted by Gasteiger charge is 2.09. The zero-order valence-corrected chi connectivity index (χ0v) is 14.6. The Kier molecular flexibility index (Phi) is 5.55. The topological polar surface area (TPSA) is 93.2 Å². The van der Waals surface area contributed by atoms with Gasteiger partial charge >= 0.3 is 6.03 Å². The summed E-state index contributed by atoms with van der Waals surface area (Å²) in [6, 6.07) is 3.25. The van der Waals surface area contributed by atoms with Crippen molar-refractivity contribution >= 4 is 34.3 Å². The number of carbonyl (C=O) groups is 1. The molecule has 9 heteroatoms. The van der Waals surface area contributed by atoms with E-state index in [1.54, 1.807) is 42.6 Å². The van der Waals surface area contributed by atoms with Crippen molar-refractivity contribution in [2.75, 3.05) is 5.32 Å². The van der Waals surface area contributed by atoms with Crippen molar-refractivity contribution in [3.05, 3.63) is 48.2 Å². The van der Waals surface area contributed by atoms with E-state index in [1.165, 1.54) is 11.3 Å². The zero-order valence-electron chi connectivity index (χ0n) is 12.9. The van der Waals surface area contributed by atoms with Gasteiger partial charge in [-0.1, -0.05) is 18.3 Å². The summed E-state index contributed by atoms with van der Waals surface area (Å²) in [7, 11) is 0. The van der Waals surface area contributed by atoms with Gasteiger partial charge in [0, 0.05) is 6.42 Å². The Hall–Kier alpha value is -2.26. The molecule has 0 aliphatic carbocycles. The van der Waals surface area contributed by atoms with Gasteiger partial charge in [0.25, 0.3) is 0 Å². The molecule has 0 atom stereocenters. The second-order valence-electron chi connectivity index (χ2n) is 4.73. The molecule has 3 aromatic heterocycles. The van der Waals surface area contributed by atoms with E-state index in [2.05, 4.69) is 20.6 Å². The van der Waals surface area contributed by atoms with E-state index >= 15 is 0 Å².